The molecule has 4 aromatic rings. The molecule has 6 nitrogen and oxygen atoms in total. The third-order valence-corrected chi connectivity index (χ3v) is 5.99. The second-order valence-electron chi connectivity index (χ2n) is 6.46. The first-order chi connectivity index (χ1) is 13.7. The molecule has 3 aromatic heterocycles. The molecule has 0 radical (unpaired) electrons. The quantitative estimate of drug-likeness (QED) is 0.572. The van der Waals surface area contributed by atoms with Gasteiger partial charge in [0.15, 0.2) is 11.2 Å². The number of thioether (sulfide) groups is 1. The molecule has 1 N–H and O–H groups in total. The van der Waals surface area contributed by atoms with E-state index >= 15 is 0 Å². The molecule has 0 saturated heterocycles. The van der Waals surface area contributed by atoms with Crippen LogP contribution in [0.3, 0.4) is 0 Å². The van der Waals surface area contributed by atoms with Crippen molar-refractivity contribution in [2.24, 2.45) is 0 Å². The van der Waals surface area contributed by atoms with Gasteiger partial charge in [0.2, 0.25) is 0 Å². The minimum absolute atomic E-state index is 0.00175. The normalized spacial score (nSPS) is 15.5. The second kappa shape index (κ2) is 6.69. The summed E-state index contributed by atoms with van der Waals surface area (Å²) in [6.07, 6.45) is 5.57. The van der Waals surface area contributed by atoms with Crippen LogP contribution in [0.15, 0.2) is 76.3 Å². The van der Waals surface area contributed by atoms with Crippen LogP contribution in [0.2, 0.25) is 0 Å². The zero-order valence-electron chi connectivity index (χ0n) is 14.7. The zero-order chi connectivity index (χ0) is 19.1. The van der Waals surface area contributed by atoms with Crippen LogP contribution in [0.5, 0.6) is 0 Å². The van der Waals surface area contributed by atoms with E-state index in [4.69, 9.17) is 4.42 Å². The first-order valence-corrected chi connectivity index (χ1v) is 9.81. The monoisotopic (exact) mass is 389 g/mol. The number of anilines is 1. The summed E-state index contributed by atoms with van der Waals surface area (Å²) in [5, 5.41) is 3.47. The summed E-state index contributed by atoms with van der Waals surface area (Å²) in [5.41, 5.74) is 3.02. The van der Waals surface area contributed by atoms with Crippen molar-refractivity contribution in [1.29, 1.82) is 0 Å². The Bertz CT molecular complexity index is 1250. The van der Waals surface area contributed by atoms with Crippen LogP contribution in [0, 0.1) is 0 Å². The Hall–Kier alpha value is -3.32. The minimum Gasteiger partial charge on any atom is -0.451 e. The number of pyridine rings is 1. The Balaban J connectivity index is 1.44. The molecule has 0 bridgehead atoms. The second-order valence-corrected chi connectivity index (χ2v) is 7.53. The molecule has 4 heterocycles. The minimum atomic E-state index is -0.438. The summed E-state index contributed by atoms with van der Waals surface area (Å²) < 4.78 is 7.76. The largest absolute Gasteiger partial charge is 0.451 e. The van der Waals surface area contributed by atoms with Gasteiger partial charge < -0.3 is 14.3 Å². The third-order valence-electron chi connectivity index (χ3n) is 4.73. The number of rotatable bonds is 3. The molecule has 0 spiro atoms. The van der Waals surface area contributed by atoms with E-state index in [1.807, 2.05) is 30.6 Å². The van der Waals surface area contributed by atoms with Crippen LogP contribution in [0.25, 0.3) is 11.0 Å². The highest BCUT2D eigenvalue weighted by atomic mass is 32.2. The molecule has 1 amide bonds. The fraction of sp³-hybridized carbons (Fsp3) is 0.0952. The molecule has 1 atom stereocenters. The summed E-state index contributed by atoms with van der Waals surface area (Å²) in [6.45, 7) is 0. The first kappa shape index (κ1) is 16.8. The van der Waals surface area contributed by atoms with E-state index in [0.29, 0.717) is 11.0 Å². The molecular weight excluding hydrogens is 374 g/mol. The first-order valence-electron chi connectivity index (χ1n) is 8.76. The van der Waals surface area contributed by atoms with Crippen molar-refractivity contribution < 1.29 is 9.21 Å². The van der Waals surface area contributed by atoms with Crippen molar-refractivity contribution >= 4 is 34.3 Å². The van der Waals surface area contributed by atoms with Crippen molar-refractivity contribution in [3.05, 3.63) is 94.4 Å². The molecule has 0 saturated carbocycles. The lowest BCUT2D eigenvalue weighted by atomic mass is 10.2. The molecule has 5 rings (SSSR count). The zero-order valence-corrected chi connectivity index (χ0v) is 15.5. The Morgan fingerprint density at radius 1 is 1.21 bits per heavy atom. The lowest BCUT2D eigenvalue weighted by Gasteiger charge is -2.12. The smallest absolute Gasteiger partial charge is 0.291 e. The van der Waals surface area contributed by atoms with Gasteiger partial charge in [0.1, 0.15) is 11.0 Å². The number of carbonyl (C=O) groups is 1. The summed E-state index contributed by atoms with van der Waals surface area (Å²) in [5.74, 6) is 0.328. The highest BCUT2D eigenvalue weighted by Gasteiger charge is 2.27. The average molecular weight is 389 g/mol. The number of nitrogens with one attached hydrogen (secondary N) is 1. The molecule has 1 aliphatic heterocycles. The van der Waals surface area contributed by atoms with Crippen molar-refractivity contribution in [1.82, 2.24) is 9.55 Å². The Morgan fingerprint density at radius 3 is 2.96 bits per heavy atom. The van der Waals surface area contributed by atoms with Crippen LogP contribution in [-0.4, -0.2) is 15.5 Å². The summed E-state index contributed by atoms with van der Waals surface area (Å²) in [4.78, 5) is 29.1. The number of carbonyl (C=O) groups excluding carboxylic acids is 1. The van der Waals surface area contributed by atoms with Crippen molar-refractivity contribution in [3.63, 3.8) is 0 Å². The number of amides is 1. The molecule has 1 aromatic carbocycles. The predicted octanol–water partition coefficient (Wildman–Crippen LogP) is 4.04. The number of aromatic nitrogens is 2. The lowest BCUT2D eigenvalue weighted by Crippen LogP contribution is -2.15. The number of hydrogen-bond donors (Lipinski definition) is 1. The van der Waals surface area contributed by atoms with E-state index in [1.54, 1.807) is 42.2 Å². The fourth-order valence-corrected chi connectivity index (χ4v) is 4.69. The Morgan fingerprint density at radius 2 is 2.11 bits per heavy atom. The van der Waals surface area contributed by atoms with Gasteiger partial charge >= 0.3 is 0 Å². The van der Waals surface area contributed by atoms with Crippen LogP contribution in [-0.2, 0) is 5.75 Å². The Kier molecular flexibility index (Phi) is 4.02. The highest BCUT2D eigenvalue weighted by Crippen LogP contribution is 2.43. The lowest BCUT2D eigenvalue weighted by molar-refractivity contribution is 0.0997. The van der Waals surface area contributed by atoms with E-state index < -0.39 is 5.91 Å². The van der Waals surface area contributed by atoms with Gasteiger partial charge in [-0.2, -0.15) is 0 Å². The van der Waals surface area contributed by atoms with Crippen LogP contribution >= 0.6 is 11.8 Å². The molecule has 0 aliphatic carbocycles. The standard InChI is InChI=1S/C21H15N3O3S/c25-17-10-19(27-18-6-2-1-5-14(17)18)20(26)23-15-7-9-24-16(15)12-28-21(24)13-4-3-8-22-11-13/h1-11,21H,12H2,(H,23,26)/t21-/m1/s1. The van der Waals surface area contributed by atoms with Gasteiger partial charge in [-0.1, -0.05) is 18.2 Å². The average Bonchev–Trinajstić information content (AvgIpc) is 3.31. The van der Waals surface area contributed by atoms with Gasteiger partial charge in [0.05, 0.1) is 16.8 Å². The molecule has 0 unspecified atom stereocenters. The van der Waals surface area contributed by atoms with Crippen molar-refractivity contribution in [2.75, 3.05) is 5.32 Å². The van der Waals surface area contributed by atoms with Gasteiger partial charge in [-0.05, 0) is 24.3 Å². The molecule has 1 aliphatic rings. The highest BCUT2D eigenvalue weighted by molar-refractivity contribution is 7.99. The number of benzene rings is 1. The topological polar surface area (TPSA) is 77.1 Å². The SMILES string of the molecule is O=C(Nc1ccn2c1CS[C@@H]2c1cccnc1)c1cc(=O)c2ccccc2o1. The maximum atomic E-state index is 12.7. The van der Waals surface area contributed by atoms with E-state index in [1.165, 1.54) is 6.07 Å². The molecular formula is C21H15N3O3S. The van der Waals surface area contributed by atoms with E-state index in [9.17, 15) is 9.59 Å². The van der Waals surface area contributed by atoms with Crippen molar-refractivity contribution in [2.45, 2.75) is 11.1 Å². The third kappa shape index (κ3) is 2.80. The van der Waals surface area contributed by atoms with Gasteiger partial charge in [-0.15, -0.1) is 11.8 Å². The number of para-hydroxylation sites is 1. The Labute approximate surface area is 164 Å². The summed E-state index contributed by atoms with van der Waals surface area (Å²) in [6, 6.07) is 14.0. The van der Waals surface area contributed by atoms with Crippen LogP contribution in [0.4, 0.5) is 5.69 Å². The molecule has 7 heteroatoms. The maximum Gasteiger partial charge on any atom is 0.291 e. The van der Waals surface area contributed by atoms with Crippen LogP contribution < -0.4 is 10.7 Å². The number of nitrogens with zero attached hydrogens (tertiary/aromatic N) is 2. The van der Waals surface area contributed by atoms with E-state index in [2.05, 4.69) is 14.9 Å². The van der Waals surface area contributed by atoms with Gasteiger partial charge in [-0.25, -0.2) is 0 Å². The van der Waals surface area contributed by atoms with Gasteiger partial charge in [0.25, 0.3) is 5.91 Å². The van der Waals surface area contributed by atoms with E-state index in [0.717, 1.165) is 22.7 Å². The van der Waals surface area contributed by atoms with Gasteiger partial charge in [-0.3, -0.25) is 14.6 Å². The van der Waals surface area contributed by atoms with Crippen molar-refractivity contribution in [3.8, 4) is 0 Å². The number of hydrogen-bond acceptors (Lipinski definition) is 5. The van der Waals surface area contributed by atoms with E-state index in [-0.39, 0.29) is 16.6 Å². The number of fused-ring (bicyclic) bond motifs is 2. The molecule has 0 fully saturated rings. The summed E-state index contributed by atoms with van der Waals surface area (Å²) in [7, 11) is 0. The molecule has 28 heavy (non-hydrogen) atoms. The fourth-order valence-electron chi connectivity index (χ4n) is 3.38. The predicted molar refractivity (Wildman–Crippen MR) is 109 cm³/mol. The van der Waals surface area contributed by atoms with Gasteiger partial charge in [0, 0.05) is 36.0 Å². The summed E-state index contributed by atoms with van der Waals surface area (Å²) >= 11 is 1.77. The molecule has 138 valence electrons. The maximum absolute atomic E-state index is 12.7. The van der Waals surface area contributed by atoms with Crippen LogP contribution in [0.1, 0.15) is 27.2 Å².